The minimum absolute atomic E-state index is 0.485. The second-order valence-electron chi connectivity index (χ2n) is 6.25. The second-order valence-corrected chi connectivity index (χ2v) is 6.25. The average Bonchev–Trinajstić information content (AvgIpc) is 2.95. The number of nitrogens with zero attached hydrogens (tertiary/aromatic N) is 4. The van der Waals surface area contributed by atoms with Gasteiger partial charge in [0.05, 0.1) is 11.9 Å². The highest BCUT2D eigenvalue weighted by Crippen LogP contribution is 2.23. The first kappa shape index (κ1) is 17.4. The predicted octanol–water partition coefficient (Wildman–Crippen LogP) is 1.20. The van der Waals surface area contributed by atoms with Crippen molar-refractivity contribution in [3.63, 3.8) is 0 Å². The molecule has 0 saturated heterocycles. The Balaban J connectivity index is 2.12. The normalized spacial score (nSPS) is 11.4. The highest BCUT2D eigenvalue weighted by Gasteiger charge is 2.11. The Morgan fingerprint density at radius 2 is 2.04 bits per heavy atom. The molecule has 0 bridgehead atoms. The van der Waals surface area contributed by atoms with Gasteiger partial charge in [0.2, 0.25) is 0 Å². The summed E-state index contributed by atoms with van der Waals surface area (Å²) in [6.45, 7) is 7.31. The minimum atomic E-state index is 0.485. The summed E-state index contributed by atoms with van der Waals surface area (Å²) >= 11 is 0. The van der Waals surface area contributed by atoms with Crippen LogP contribution in [-0.4, -0.2) is 46.8 Å². The van der Waals surface area contributed by atoms with Gasteiger partial charge in [0.15, 0.2) is 0 Å². The molecule has 5 N–H and O–H groups in total. The number of hydrogen-bond acceptors (Lipinski definition) is 6. The number of nitrogens with one attached hydrogen (secondary N) is 1. The summed E-state index contributed by atoms with van der Waals surface area (Å²) in [6.07, 6.45) is 3.68. The van der Waals surface area contributed by atoms with Gasteiger partial charge in [-0.2, -0.15) is 5.10 Å². The lowest BCUT2D eigenvalue weighted by Crippen LogP contribution is -2.34. The summed E-state index contributed by atoms with van der Waals surface area (Å²) < 4.78 is 0. The van der Waals surface area contributed by atoms with Gasteiger partial charge in [0.25, 0.3) is 0 Å². The van der Waals surface area contributed by atoms with Crippen LogP contribution in [0.5, 0.6) is 0 Å². The predicted molar refractivity (Wildman–Crippen MR) is 93.6 cm³/mol. The van der Waals surface area contributed by atoms with Crippen LogP contribution in [-0.2, 0) is 6.54 Å². The van der Waals surface area contributed by atoms with Crippen LogP contribution in [0, 0.1) is 5.92 Å². The molecule has 0 aromatic carbocycles. The van der Waals surface area contributed by atoms with E-state index >= 15 is 0 Å². The van der Waals surface area contributed by atoms with Crippen molar-refractivity contribution in [3.8, 4) is 11.3 Å². The van der Waals surface area contributed by atoms with Crippen molar-refractivity contribution >= 4 is 5.82 Å². The lowest BCUT2D eigenvalue weighted by Gasteiger charge is -2.19. The van der Waals surface area contributed by atoms with Crippen LogP contribution in [0.1, 0.15) is 19.4 Å². The summed E-state index contributed by atoms with van der Waals surface area (Å²) in [7, 11) is 2.04. The van der Waals surface area contributed by atoms with Gasteiger partial charge >= 0.3 is 0 Å². The molecule has 7 nitrogen and oxygen atoms in total. The third-order valence-corrected chi connectivity index (χ3v) is 3.56. The number of anilines is 1. The van der Waals surface area contributed by atoms with Crippen molar-refractivity contribution < 1.29 is 0 Å². The Bertz CT molecular complexity index is 591. The van der Waals surface area contributed by atoms with Crippen molar-refractivity contribution in [2.24, 2.45) is 17.5 Å². The number of hydrazine groups is 1. The van der Waals surface area contributed by atoms with Gasteiger partial charge in [-0.1, -0.05) is 13.8 Å². The molecule has 2 aromatic rings. The topological polar surface area (TPSA) is 100 Å². The Hall–Kier alpha value is -1.96. The van der Waals surface area contributed by atoms with Crippen LogP contribution >= 0.6 is 0 Å². The maximum absolute atomic E-state index is 6.03. The summed E-state index contributed by atoms with van der Waals surface area (Å²) in [5.41, 5.74) is 8.71. The minimum Gasteiger partial charge on any atom is -0.329 e. The molecule has 0 spiro atoms. The standard InChI is InChI=1S/C16H27N7/c1-12(2)10-23(18)15-5-4-13(8-19-15)16-14(9-20-21-16)11-22(3)7-6-17/h4-5,8-9,12H,6-7,10-11,17-18H2,1-3H3,(H,20,21). The first-order chi connectivity index (χ1) is 11.0. The number of aromatic nitrogens is 3. The van der Waals surface area contributed by atoms with E-state index in [0.29, 0.717) is 12.5 Å². The summed E-state index contributed by atoms with van der Waals surface area (Å²) in [5.74, 6) is 7.28. The fraction of sp³-hybridized carbons (Fsp3) is 0.500. The van der Waals surface area contributed by atoms with Gasteiger partial charge in [-0.15, -0.1) is 0 Å². The number of likely N-dealkylation sites (N-methyl/N-ethyl adjacent to an activating group) is 1. The molecule has 2 heterocycles. The molecule has 23 heavy (non-hydrogen) atoms. The lowest BCUT2D eigenvalue weighted by atomic mass is 10.1. The van der Waals surface area contributed by atoms with E-state index in [4.69, 9.17) is 11.6 Å². The molecule has 7 heteroatoms. The third kappa shape index (κ3) is 4.75. The first-order valence-corrected chi connectivity index (χ1v) is 7.90. The van der Waals surface area contributed by atoms with E-state index in [2.05, 4.69) is 33.9 Å². The molecule has 2 rings (SSSR count). The zero-order chi connectivity index (χ0) is 16.8. The SMILES string of the molecule is CC(C)CN(N)c1ccc(-c2[nH]ncc2CN(C)CCN)cn1. The zero-order valence-corrected chi connectivity index (χ0v) is 14.2. The molecular formula is C16H27N7. The maximum atomic E-state index is 6.03. The van der Waals surface area contributed by atoms with E-state index in [-0.39, 0.29) is 0 Å². The largest absolute Gasteiger partial charge is 0.329 e. The number of rotatable bonds is 8. The molecule has 0 amide bonds. The number of hydrogen-bond donors (Lipinski definition) is 3. The molecule has 0 unspecified atom stereocenters. The molecule has 0 aliphatic rings. The van der Waals surface area contributed by atoms with Gasteiger partial charge < -0.3 is 10.6 Å². The second kappa shape index (κ2) is 8.05. The Labute approximate surface area is 137 Å². The third-order valence-electron chi connectivity index (χ3n) is 3.56. The molecule has 2 aromatic heterocycles. The number of pyridine rings is 1. The summed E-state index contributed by atoms with van der Waals surface area (Å²) in [5, 5.41) is 8.90. The molecule has 0 aliphatic carbocycles. The van der Waals surface area contributed by atoms with Gasteiger partial charge in [-0.25, -0.2) is 10.8 Å². The lowest BCUT2D eigenvalue weighted by molar-refractivity contribution is 0.337. The molecule has 0 radical (unpaired) electrons. The molecule has 126 valence electrons. The highest BCUT2D eigenvalue weighted by molar-refractivity contribution is 5.63. The van der Waals surface area contributed by atoms with Crippen molar-refractivity contribution in [1.29, 1.82) is 0 Å². The number of H-pyrrole nitrogens is 1. The van der Waals surface area contributed by atoms with E-state index in [1.165, 1.54) is 0 Å². The first-order valence-electron chi connectivity index (χ1n) is 7.90. The quantitative estimate of drug-likeness (QED) is 0.500. The number of nitrogens with two attached hydrogens (primary N) is 2. The average molecular weight is 317 g/mol. The van der Waals surface area contributed by atoms with E-state index in [0.717, 1.165) is 42.3 Å². The molecule has 0 saturated carbocycles. The van der Waals surface area contributed by atoms with E-state index < -0.39 is 0 Å². The molecule has 0 aliphatic heterocycles. The zero-order valence-electron chi connectivity index (χ0n) is 14.2. The van der Waals surface area contributed by atoms with E-state index in [1.807, 2.05) is 31.6 Å². The Morgan fingerprint density at radius 3 is 2.65 bits per heavy atom. The Morgan fingerprint density at radius 1 is 1.26 bits per heavy atom. The monoisotopic (exact) mass is 317 g/mol. The molecule has 0 fully saturated rings. The van der Waals surface area contributed by atoms with Crippen LogP contribution in [0.25, 0.3) is 11.3 Å². The molecular weight excluding hydrogens is 290 g/mol. The van der Waals surface area contributed by atoms with Gasteiger partial charge in [0.1, 0.15) is 5.82 Å². The highest BCUT2D eigenvalue weighted by atomic mass is 15.4. The van der Waals surface area contributed by atoms with Crippen LogP contribution in [0.2, 0.25) is 0 Å². The summed E-state index contributed by atoms with van der Waals surface area (Å²) in [4.78, 5) is 6.63. The fourth-order valence-electron chi connectivity index (χ4n) is 2.46. The Kier molecular flexibility index (Phi) is 6.09. The van der Waals surface area contributed by atoms with Crippen LogP contribution < -0.4 is 16.6 Å². The van der Waals surface area contributed by atoms with Crippen LogP contribution in [0.3, 0.4) is 0 Å². The van der Waals surface area contributed by atoms with Crippen LogP contribution in [0.15, 0.2) is 24.5 Å². The molecule has 0 atom stereocenters. The van der Waals surface area contributed by atoms with E-state index in [9.17, 15) is 0 Å². The summed E-state index contributed by atoms with van der Waals surface area (Å²) in [6, 6.07) is 3.95. The maximum Gasteiger partial charge on any atom is 0.142 e. The fourth-order valence-corrected chi connectivity index (χ4v) is 2.46. The number of aromatic amines is 1. The van der Waals surface area contributed by atoms with Crippen molar-refractivity contribution in [2.75, 3.05) is 31.7 Å². The van der Waals surface area contributed by atoms with Crippen molar-refractivity contribution in [2.45, 2.75) is 20.4 Å². The van der Waals surface area contributed by atoms with Gasteiger partial charge in [-0.3, -0.25) is 10.1 Å². The van der Waals surface area contributed by atoms with Crippen molar-refractivity contribution in [3.05, 3.63) is 30.1 Å². The van der Waals surface area contributed by atoms with E-state index in [1.54, 1.807) is 5.01 Å². The smallest absolute Gasteiger partial charge is 0.142 e. The van der Waals surface area contributed by atoms with Crippen molar-refractivity contribution in [1.82, 2.24) is 20.1 Å². The van der Waals surface area contributed by atoms with Crippen LogP contribution in [0.4, 0.5) is 5.82 Å². The van der Waals surface area contributed by atoms with Gasteiger partial charge in [0, 0.05) is 43.5 Å². The van der Waals surface area contributed by atoms with Gasteiger partial charge in [-0.05, 0) is 25.1 Å².